The number of benzene rings is 1. The Labute approximate surface area is 129 Å². The molecule has 1 atom stereocenters. The van der Waals surface area contributed by atoms with Crippen LogP contribution >= 0.6 is 11.8 Å². The Morgan fingerprint density at radius 3 is 2.81 bits per heavy atom. The number of thioether (sulfide) groups is 1. The van der Waals surface area contributed by atoms with Crippen molar-refractivity contribution in [2.24, 2.45) is 0 Å². The molecule has 0 spiro atoms. The molecule has 0 bridgehead atoms. The van der Waals surface area contributed by atoms with Crippen molar-refractivity contribution in [2.75, 3.05) is 24.8 Å². The lowest BCUT2D eigenvalue weighted by Crippen LogP contribution is -2.38. The second kappa shape index (κ2) is 6.80. The molecule has 5 heteroatoms. The van der Waals surface area contributed by atoms with E-state index in [9.17, 15) is 4.79 Å². The van der Waals surface area contributed by atoms with Crippen molar-refractivity contribution < 1.29 is 4.79 Å². The molecule has 2 aromatic rings. The number of nitrogens with zero attached hydrogens (tertiary/aromatic N) is 2. The van der Waals surface area contributed by atoms with E-state index < -0.39 is 0 Å². The van der Waals surface area contributed by atoms with E-state index in [-0.39, 0.29) is 11.9 Å². The zero-order valence-corrected chi connectivity index (χ0v) is 13.5. The minimum atomic E-state index is -0.0756. The number of carbonyl (C=O) groups is 1. The average molecular weight is 303 g/mol. The number of rotatable bonds is 5. The van der Waals surface area contributed by atoms with Crippen LogP contribution in [0.25, 0.3) is 10.8 Å². The normalized spacial score (nSPS) is 12.3. The molecule has 0 aliphatic rings. The van der Waals surface area contributed by atoms with Gasteiger partial charge in [0.25, 0.3) is 5.91 Å². The number of aromatic nitrogens is 1. The van der Waals surface area contributed by atoms with Gasteiger partial charge in [-0.15, -0.1) is 0 Å². The molecule has 21 heavy (non-hydrogen) atoms. The molecule has 1 heterocycles. The van der Waals surface area contributed by atoms with Crippen LogP contribution in [0.2, 0.25) is 0 Å². The molecule has 4 nitrogen and oxygen atoms in total. The molecular formula is C16H21N3OS. The van der Waals surface area contributed by atoms with Crippen LogP contribution in [-0.4, -0.2) is 40.9 Å². The van der Waals surface area contributed by atoms with Gasteiger partial charge >= 0.3 is 0 Å². The molecule has 1 unspecified atom stereocenters. The van der Waals surface area contributed by atoms with E-state index in [1.165, 1.54) is 0 Å². The number of pyridine rings is 1. The van der Waals surface area contributed by atoms with E-state index in [1.807, 2.05) is 43.6 Å². The van der Waals surface area contributed by atoms with E-state index in [4.69, 9.17) is 5.73 Å². The molecule has 0 saturated carbocycles. The van der Waals surface area contributed by atoms with Crippen molar-refractivity contribution in [3.8, 4) is 0 Å². The van der Waals surface area contributed by atoms with Gasteiger partial charge in [0, 0.05) is 24.2 Å². The maximum atomic E-state index is 12.6. The maximum absolute atomic E-state index is 12.6. The molecule has 0 fully saturated rings. The number of hydrogen-bond acceptors (Lipinski definition) is 4. The van der Waals surface area contributed by atoms with E-state index in [1.54, 1.807) is 16.7 Å². The number of hydrogen-bond donors (Lipinski definition) is 1. The topological polar surface area (TPSA) is 59.2 Å². The van der Waals surface area contributed by atoms with Crippen LogP contribution in [0.1, 0.15) is 23.8 Å². The Morgan fingerprint density at radius 1 is 1.43 bits per heavy atom. The molecule has 1 aromatic carbocycles. The highest BCUT2D eigenvalue weighted by Crippen LogP contribution is 2.21. The summed E-state index contributed by atoms with van der Waals surface area (Å²) in [5.74, 6) is 1.25. The van der Waals surface area contributed by atoms with Gasteiger partial charge in [-0.05, 0) is 24.1 Å². The molecule has 0 saturated heterocycles. The molecule has 0 aliphatic carbocycles. The monoisotopic (exact) mass is 303 g/mol. The van der Waals surface area contributed by atoms with Crippen molar-refractivity contribution in [1.82, 2.24) is 9.88 Å². The van der Waals surface area contributed by atoms with Crippen molar-refractivity contribution in [3.63, 3.8) is 0 Å². The van der Waals surface area contributed by atoms with Crippen LogP contribution in [0.15, 0.2) is 30.3 Å². The average Bonchev–Trinajstić information content (AvgIpc) is 2.51. The highest BCUT2D eigenvalue weighted by atomic mass is 32.2. The fourth-order valence-electron chi connectivity index (χ4n) is 2.38. The summed E-state index contributed by atoms with van der Waals surface area (Å²) in [5.41, 5.74) is 6.39. The molecule has 1 amide bonds. The van der Waals surface area contributed by atoms with E-state index in [0.29, 0.717) is 11.5 Å². The summed E-state index contributed by atoms with van der Waals surface area (Å²) in [6.45, 7) is 2.09. The molecule has 2 N–H and O–H groups in total. The third kappa shape index (κ3) is 3.29. The van der Waals surface area contributed by atoms with Gasteiger partial charge < -0.3 is 10.6 Å². The Kier molecular flexibility index (Phi) is 5.07. The van der Waals surface area contributed by atoms with Crippen LogP contribution in [0.3, 0.4) is 0 Å². The van der Waals surface area contributed by atoms with Crippen molar-refractivity contribution >= 4 is 34.3 Å². The fraction of sp³-hybridized carbons (Fsp3) is 0.375. The summed E-state index contributed by atoms with van der Waals surface area (Å²) in [7, 11) is 1.83. The smallest absolute Gasteiger partial charge is 0.272 e. The minimum Gasteiger partial charge on any atom is -0.383 e. The third-order valence-corrected chi connectivity index (χ3v) is 4.41. The summed E-state index contributed by atoms with van der Waals surface area (Å²) >= 11 is 1.74. The quantitative estimate of drug-likeness (QED) is 0.922. The second-order valence-corrected chi connectivity index (χ2v) is 5.96. The van der Waals surface area contributed by atoms with Crippen molar-refractivity contribution in [3.05, 3.63) is 36.0 Å². The summed E-state index contributed by atoms with van der Waals surface area (Å²) in [6, 6.07) is 9.74. The van der Waals surface area contributed by atoms with Crippen LogP contribution in [-0.2, 0) is 0 Å². The fourth-order valence-corrected chi connectivity index (χ4v) is 3.22. The Morgan fingerprint density at radius 2 is 2.14 bits per heavy atom. The predicted octanol–water partition coefficient (Wildman–Crippen LogP) is 3.03. The number of carbonyl (C=O) groups excluding carboxylic acids is 1. The number of nitrogens with two attached hydrogens (primary N) is 1. The summed E-state index contributed by atoms with van der Waals surface area (Å²) < 4.78 is 0. The molecular weight excluding hydrogens is 282 g/mol. The van der Waals surface area contributed by atoms with Gasteiger partial charge in [0.2, 0.25) is 0 Å². The molecule has 112 valence electrons. The lowest BCUT2D eigenvalue weighted by atomic mass is 10.1. The molecule has 0 radical (unpaired) electrons. The minimum absolute atomic E-state index is 0.0756. The lowest BCUT2D eigenvalue weighted by Gasteiger charge is -2.26. The van der Waals surface area contributed by atoms with Crippen LogP contribution in [0, 0.1) is 0 Å². The Bertz CT molecular complexity index is 644. The van der Waals surface area contributed by atoms with Crippen LogP contribution in [0.4, 0.5) is 5.82 Å². The van der Waals surface area contributed by atoms with Gasteiger partial charge in [-0.25, -0.2) is 4.98 Å². The lowest BCUT2D eigenvalue weighted by molar-refractivity contribution is 0.0738. The SMILES string of the molecule is CCC(CSC)N(C)C(=O)c1cc2ccccc2c(N)n1. The summed E-state index contributed by atoms with van der Waals surface area (Å²) in [4.78, 5) is 18.7. The number of amides is 1. The number of anilines is 1. The van der Waals surface area contributed by atoms with Gasteiger partial charge in [-0.2, -0.15) is 11.8 Å². The summed E-state index contributed by atoms with van der Waals surface area (Å²) in [6.07, 6.45) is 2.97. The Hall–Kier alpha value is -1.75. The van der Waals surface area contributed by atoms with Gasteiger partial charge in [-0.3, -0.25) is 4.79 Å². The highest BCUT2D eigenvalue weighted by molar-refractivity contribution is 7.98. The maximum Gasteiger partial charge on any atom is 0.272 e. The Balaban J connectivity index is 2.34. The van der Waals surface area contributed by atoms with E-state index >= 15 is 0 Å². The number of nitrogen functional groups attached to an aromatic ring is 1. The zero-order valence-electron chi connectivity index (χ0n) is 12.7. The van der Waals surface area contributed by atoms with Gasteiger partial charge in [0.15, 0.2) is 0 Å². The van der Waals surface area contributed by atoms with E-state index in [0.717, 1.165) is 22.9 Å². The first-order valence-electron chi connectivity index (χ1n) is 6.99. The summed E-state index contributed by atoms with van der Waals surface area (Å²) in [5, 5.41) is 1.83. The highest BCUT2D eigenvalue weighted by Gasteiger charge is 2.21. The zero-order chi connectivity index (χ0) is 15.4. The first kappa shape index (κ1) is 15.6. The predicted molar refractivity (Wildman–Crippen MR) is 90.7 cm³/mol. The number of fused-ring (bicyclic) bond motifs is 1. The van der Waals surface area contributed by atoms with Gasteiger partial charge in [0.1, 0.15) is 11.5 Å². The van der Waals surface area contributed by atoms with E-state index in [2.05, 4.69) is 11.9 Å². The van der Waals surface area contributed by atoms with Crippen molar-refractivity contribution in [1.29, 1.82) is 0 Å². The van der Waals surface area contributed by atoms with Crippen LogP contribution < -0.4 is 5.73 Å². The van der Waals surface area contributed by atoms with Gasteiger partial charge in [-0.1, -0.05) is 31.2 Å². The first-order valence-corrected chi connectivity index (χ1v) is 8.39. The second-order valence-electron chi connectivity index (χ2n) is 5.05. The largest absolute Gasteiger partial charge is 0.383 e. The van der Waals surface area contributed by atoms with Crippen molar-refractivity contribution in [2.45, 2.75) is 19.4 Å². The first-order chi connectivity index (χ1) is 10.1. The molecule has 0 aliphatic heterocycles. The van der Waals surface area contributed by atoms with Crippen LogP contribution in [0.5, 0.6) is 0 Å². The molecule has 2 rings (SSSR count). The molecule has 1 aromatic heterocycles. The van der Waals surface area contributed by atoms with Gasteiger partial charge in [0.05, 0.1) is 0 Å². The standard InChI is InChI=1S/C16H21N3OS/c1-4-12(10-21-3)19(2)16(20)14-9-11-7-5-6-8-13(11)15(17)18-14/h5-9,12H,4,10H2,1-3H3,(H2,17,18). The third-order valence-electron chi connectivity index (χ3n) is 3.69.